The topological polar surface area (TPSA) is 45.4 Å². The Balaban J connectivity index is 1.87. The fraction of sp³-hybridized carbons (Fsp3) is 0.643. The monoisotopic (exact) mass is 246 g/mol. The van der Waals surface area contributed by atoms with Crippen LogP contribution in [0.15, 0.2) is 12.3 Å². The van der Waals surface area contributed by atoms with E-state index >= 15 is 0 Å². The third kappa shape index (κ3) is 1.99. The Labute approximate surface area is 109 Å². The zero-order valence-corrected chi connectivity index (χ0v) is 11.3. The fourth-order valence-electron chi connectivity index (χ4n) is 3.18. The van der Waals surface area contributed by atoms with Gasteiger partial charge in [0.05, 0.1) is 11.7 Å². The van der Waals surface area contributed by atoms with Crippen molar-refractivity contribution in [2.24, 2.45) is 5.73 Å². The highest BCUT2D eigenvalue weighted by Crippen LogP contribution is 2.33. The van der Waals surface area contributed by atoms with Crippen LogP contribution in [0.2, 0.25) is 0 Å². The van der Waals surface area contributed by atoms with Crippen LogP contribution in [0.1, 0.15) is 30.1 Å². The summed E-state index contributed by atoms with van der Waals surface area (Å²) in [5.41, 5.74) is 9.96. The van der Waals surface area contributed by atoms with Gasteiger partial charge in [-0.05, 0) is 37.9 Å². The number of fused-ring (bicyclic) bond motifs is 1. The van der Waals surface area contributed by atoms with Gasteiger partial charge in [0.2, 0.25) is 0 Å². The molecule has 1 saturated heterocycles. The molecule has 3 rings (SSSR count). The van der Waals surface area contributed by atoms with Crippen molar-refractivity contribution in [3.8, 4) is 0 Å². The molecule has 0 amide bonds. The highest BCUT2D eigenvalue weighted by molar-refractivity contribution is 5.57. The van der Waals surface area contributed by atoms with E-state index in [1.54, 1.807) is 0 Å². The first-order valence-corrected chi connectivity index (χ1v) is 6.81. The maximum absolute atomic E-state index is 6.01. The zero-order chi connectivity index (χ0) is 12.7. The molecular weight excluding hydrogens is 224 g/mol. The summed E-state index contributed by atoms with van der Waals surface area (Å²) in [7, 11) is 4.32. The van der Waals surface area contributed by atoms with E-state index in [0.29, 0.717) is 12.1 Å². The summed E-state index contributed by atoms with van der Waals surface area (Å²) in [6, 6.07) is 3.04. The van der Waals surface area contributed by atoms with E-state index in [1.165, 1.54) is 16.9 Å². The molecular formula is C14H22N4. The van der Waals surface area contributed by atoms with Gasteiger partial charge in [0.1, 0.15) is 0 Å². The number of aromatic nitrogens is 1. The molecule has 1 fully saturated rings. The number of piperidine rings is 1. The molecule has 1 aromatic rings. The third-order valence-electron chi connectivity index (χ3n) is 4.32. The SMILES string of the molecule is CN1CCc2cnc(C3CCC(N)CN3C)cc21. The maximum atomic E-state index is 6.01. The van der Waals surface area contributed by atoms with Gasteiger partial charge in [0, 0.05) is 38.1 Å². The number of hydrogen-bond acceptors (Lipinski definition) is 4. The standard InChI is InChI=1S/C14H22N4/c1-17-6-5-10-8-16-12(7-14(10)17)13-4-3-11(15)9-18(13)2/h7-8,11,13H,3-6,9,15H2,1-2H3. The van der Waals surface area contributed by atoms with Gasteiger partial charge in [-0.1, -0.05) is 0 Å². The van der Waals surface area contributed by atoms with Gasteiger partial charge < -0.3 is 10.6 Å². The van der Waals surface area contributed by atoms with Gasteiger partial charge >= 0.3 is 0 Å². The van der Waals surface area contributed by atoms with E-state index in [0.717, 1.165) is 32.4 Å². The predicted molar refractivity (Wildman–Crippen MR) is 73.8 cm³/mol. The van der Waals surface area contributed by atoms with E-state index in [2.05, 4.69) is 41.1 Å². The van der Waals surface area contributed by atoms with Crippen LogP contribution >= 0.6 is 0 Å². The second-order valence-electron chi connectivity index (χ2n) is 5.70. The molecule has 0 bridgehead atoms. The van der Waals surface area contributed by atoms with Crippen LogP contribution in [0.25, 0.3) is 0 Å². The lowest BCUT2D eigenvalue weighted by atomic mass is 9.96. The molecule has 0 saturated carbocycles. The summed E-state index contributed by atoms with van der Waals surface area (Å²) in [4.78, 5) is 9.35. The molecule has 2 aliphatic heterocycles. The molecule has 2 N–H and O–H groups in total. The summed E-state index contributed by atoms with van der Waals surface area (Å²) in [5, 5.41) is 0. The van der Waals surface area contributed by atoms with Crippen molar-refractivity contribution in [2.75, 3.05) is 32.1 Å². The first-order valence-electron chi connectivity index (χ1n) is 6.81. The van der Waals surface area contributed by atoms with E-state index in [4.69, 9.17) is 5.73 Å². The van der Waals surface area contributed by atoms with Crippen LogP contribution in [-0.2, 0) is 6.42 Å². The first-order chi connectivity index (χ1) is 8.65. The normalized spacial score (nSPS) is 28.5. The van der Waals surface area contributed by atoms with Gasteiger partial charge in [-0.2, -0.15) is 0 Å². The van der Waals surface area contributed by atoms with Crippen molar-refractivity contribution < 1.29 is 0 Å². The Morgan fingerprint density at radius 3 is 2.94 bits per heavy atom. The minimum Gasteiger partial charge on any atom is -0.374 e. The van der Waals surface area contributed by atoms with Crippen molar-refractivity contribution in [1.82, 2.24) is 9.88 Å². The minimum atomic E-state index is 0.323. The summed E-state index contributed by atoms with van der Waals surface area (Å²) in [6.45, 7) is 2.09. The fourth-order valence-corrected chi connectivity index (χ4v) is 3.18. The lowest BCUT2D eigenvalue weighted by Crippen LogP contribution is -2.42. The molecule has 1 aromatic heterocycles. The van der Waals surface area contributed by atoms with Crippen LogP contribution < -0.4 is 10.6 Å². The largest absolute Gasteiger partial charge is 0.374 e. The molecule has 0 aromatic carbocycles. The van der Waals surface area contributed by atoms with E-state index < -0.39 is 0 Å². The molecule has 4 nitrogen and oxygen atoms in total. The number of nitrogens with zero attached hydrogens (tertiary/aromatic N) is 3. The zero-order valence-electron chi connectivity index (χ0n) is 11.3. The second-order valence-corrected chi connectivity index (χ2v) is 5.70. The Hall–Kier alpha value is -1.13. The van der Waals surface area contributed by atoms with Crippen LogP contribution in [-0.4, -0.2) is 43.1 Å². The van der Waals surface area contributed by atoms with Gasteiger partial charge in [-0.25, -0.2) is 0 Å². The number of likely N-dealkylation sites (tertiary alicyclic amines) is 1. The van der Waals surface area contributed by atoms with Crippen molar-refractivity contribution >= 4 is 5.69 Å². The van der Waals surface area contributed by atoms with Crippen LogP contribution in [0.5, 0.6) is 0 Å². The average molecular weight is 246 g/mol. The molecule has 0 aliphatic carbocycles. The predicted octanol–water partition coefficient (Wildman–Crippen LogP) is 1.17. The van der Waals surface area contributed by atoms with E-state index in [9.17, 15) is 0 Å². The van der Waals surface area contributed by atoms with Crippen molar-refractivity contribution in [1.29, 1.82) is 0 Å². The summed E-state index contributed by atoms with van der Waals surface area (Å²) in [5.74, 6) is 0. The van der Waals surface area contributed by atoms with Gasteiger partial charge in [-0.3, -0.25) is 9.88 Å². The highest BCUT2D eigenvalue weighted by Gasteiger charge is 2.27. The highest BCUT2D eigenvalue weighted by atomic mass is 15.2. The van der Waals surface area contributed by atoms with Gasteiger partial charge in [0.15, 0.2) is 0 Å². The molecule has 98 valence electrons. The Bertz CT molecular complexity index is 445. The van der Waals surface area contributed by atoms with E-state index in [1.807, 2.05) is 0 Å². The quantitative estimate of drug-likeness (QED) is 0.808. The number of pyridine rings is 1. The lowest BCUT2D eigenvalue weighted by Gasteiger charge is -2.35. The van der Waals surface area contributed by atoms with E-state index in [-0.39, 0.29) is 0 Å². The number of nitrogens with two attached hydrogens (primary N) is 1. The van der Waals surface area contributed by atoms with Crippen molar-refractivity contribution in [3.63, 3.8) is 0 Å². The molecule has 2 aliphatic rings. The number of likely N-dealkylation sites (N-methyl/N-ethyl adjacent to an activating group) is 2. The van der Waals surface area contributed by atoms with Crippen LogP contribution in [0, 0.1) is 0 Å². The molecule has 2 unspecified atom stereocenters. The van der Waals surface area contributed by atoms with Crippen LogP contribution in [0.4, 0.5) is 5.69 Å². The molecule has 0 spiro atoms. The Morgan fingerprint density at radius 1 is 1.33 bits per heavy atom. The van der Waals surface area contributed by atoms with Crippen molar-refractivity contribution in [2.45, 2.75) is 31.3 Å². The molecule has 0 radical (unpaired) electrons. The van der Waals surface area contributed by atoms with Gasteiger partial charge in [0.25, 0.3) is 0 Å². The van der Waals surface area contributed by atoms with Gasteiger partial charge in [-0.15, -0.1) is 0 Å². The first kappa shape index (κ1) is 11.9. The molecule has 4 heteroatoms. The lowest BCUT2D eigenvalue weighted by molar-refractivity contribution is 0.166. The number of rotatable bonds is 1. The van der Waals surface area contributed by atoms with Crippen molar-refractivity contribution in [3.05, 3.63) is 23.5 Å². The number of anilines is 1. The molecule has 18 heavy (non-hydrogen) atoms. The molecule has 3 heterocycles. The summed E-state index contributed by atoms with van der Waals surface area (Å²) >= 11 is 0. The maximum Gasteiger partial charge on any atom is 0.0596 e. The Morgan fingerprint density at radius 2 is 2.17 bits per heavy atom. The second kappa shape index (κ2) is 4.52. The van der Waals surface area contributed by atoms with Crippen LogP contribution in [0.3, 0.4) is 0 Å². The molecule has 2 atom stereocenters. The average Bonchev–Trinajstić information content (AvgIpc) is 2.71. The number of hydrogen-bond donors (Lipinski definition) is 1. The Kier molecular flexibility index (Phi) is 2.99. The third-order valence-corrected chi connectivity index (χ3v) is 4.32. The smallest absolute Gasteiger partial charge is 0.0596 e. The summed E-state index contributed by atoms with van der Waals surface area (Å²) in [6.07, 6.45) is 5.41. The summed E-state index contributed by atoms with van der Waals surface area (Å²) < 4.78 is 0. The minimum absolute atomic E-state index is 0.323.